The minimum absolute atomic E-state index is 0.150. The molecule has 0 aromatic carbocycles. The van der Waals surface area contributed by atoms with Gasteiger partial charge in [-0.15, -0.1) is 0 Å². The van der Waals surface area contributed by atoms with Crippen LogP contribution < -0.4 is 0 Å². The van der Waals surface area contributed by atoms with Crippen LogP contribution in [0.15, 0.2) is 0 Å². The van der Waals surface area contributed by atoms with Gasteiger partial charge in [0.15, 0.2) is 0 Å². The van der Waals surface area contributed by atoms with Crippen molar-refractivity contribution < 1.29 is 9.84 Å². The summed E-state index contributed by atoms with van der Waals surface area (Å²) in [6.45, 7) is 1.56. The third kappa shape index (κ3) is 1.23. The Hall–Kier alpha value is -0.870. The number of aromatic nitrogens is 2. The van der Waals surface area contributed by atoms with Gasteiger partial charge in [0.25, 0.3) is 0 Å². The van der Waals surface area contributed by atoms with Gasteiger partial charge in [0.1, 0.15) is 0 Å². The van der Waals surface area contributed by atoms with Crippen LogP contribution in [0.4, 0.5) is 0 Å². The number of aliphatic hydroxyl groups excluding tert-OH is 1. The zero-order valence-corrected chi connectivity index (χ0v) is 6.84. The molecule has 0 amide bonds. The average molecular weight is 168 g/mol. The monoisotopic (exact) mass is 168 g/mol. The summed E-state index contributed by atoms with van der Waals surface area (Å²) >= 11 is 0. The molecule has 1 aromatic heterocycles. The fraction of sp³-hybridized carbons (Fsp3) is 0.625. The van der Waals surface area contributed by atoms with Gasteiger partial charge in [-0.25, -0.2) is 0 Å². The molecule has 0 aliphatic carbocycles. The van der Waals surface area contributed by atoms with Crippen LogP contribution in [-0.2, 0) is 24.2 Å². The van der Waals surface area contributed by atoms with E-state index in [0.29, 0.717) is 13.0 Å². The second-order valence-electron chi connectivity index (χ2n) is 2.90. The van der Waals surface area contributed by atoms with Crippen molar-refractivity contribution in [2.45, 2.75) is 19.4 Å². The Morgan fingerprint density at radius 1 is 1.58 bits per heavy atom. The van der Waals surface area contributed by atoms with Gasteiger partial charge in [-0.1, -0.05) is 0 Å². The van der Waals surface area contributed by atoms with E-state index in [0.717, 1.165) is 24.3 Å². The molecule has 4 heteroatoms. The molecule has 2 rings (SSSR count). The van der Waals surface area contributed by atoms with Crippen molar-refractivity contribution in [3.63, 3.8) is 0 Å². The number of rotatable bonds is 2. The lowest BCUT2D eigenvalue weighted by atomic mass is 10.1. The highest BCUT2D eigenvalue weighted by Gasteiger charge is 2.16. The number of ether oxygens (including phenoxy) is 1. The lowest BCUT2D eigenvalue weighted by molar-refractivity contribution is 0.109. The number of hydrogen-bond acceptors (Lipinski definition) is 3. The van der Waals surface area contributed by atoms with E-state index in [-0.39, 0.29) is 6.61 Å². The molecule has 0 unspecified atom stereocenters. The number of aliphatic hydroxyl groups is 1. The van der Waals surface area contributed by atoms with Gasteiger partial charge < -0.3 is 9.84 Å². The topological polar surface area (TPSA) is 58.1 Å². The summed E-state index contributed by atoms with van der Waals surface area (Å²) in [6, 6.07) is 0. The Labute approximate surface area is 70.6 Å². The first-order valence-corrected chi connectivity index (χ1v) is 4.15. The summed E-state index contributed by atoms with van der Waals surface area (Å²) in [5.74, 6) is 0. The normalized spacial score (nSPS) is 16.1. The van der Waals surface area contributed by atoms with Crippen LogP contribution in [0.1, 0.15) is 17.0 Å². The SMILES string of the molecule is OCCc1n[nH]c2c1COCC2. The van der Waals surface area contributed by atoms with Crippen molar-refractivity contribution in [3.8, 4) is 0 Å². The first-order chi connectivity index (χ1) is 5.92. The Morgan fingerprint density at radius 2 is 2.50 bits per heavy atom. The number of hydrogen-bond donors (Lipinski definition) is 2. The Bertz CT molecular complexity index is 270. The summed E-state index contributed by atoms with van der Waals surface area (Å²) in [5.41, 5.74) is 3.27. The number of aromatic amines is 1. The lowest BCUT2D eigenvalue weighted by Crippen LogP contribution is -2.10. The van der Waals surface area contributed by atoms with Crippen LogP contribution in [0, 0.1) is 0 Å². The van der Waals surface area contributed by atoms with Gasteiger partial charge in [-0.2, -0.15) is 5.10 Å². The van der Waals surface area contributed by atoms with E-state index in [1.54, 1.807) is 0 Å². The molecule has 1 aliphatic rings. The third-order valence-electron chi connectivity index (χ3n) is 2.13. The number of H-pyrrole nitrogens is 1. The second-order valence-corrected chi connectivity index (χ2v) is 2.90. The second kappa shape index (κ2) is 3.25. The van der Waals surface area contributed by atoms with Gasteiger partial charge in [0.2, 0.25) is 0 Å². The van der Waals surface area contributed by atoms with Crippen LogP contribution in [0.5, 0.6) is 0 Å². The van der Waals surface area contributed by atoms with Gasteiger partial charge in [0, 0.05) is 30.7 Å². The van der Waals surface area contributed by atoms with Crippen molar-refractivity contribution in [2.24, 2.45) is 0 Å². The molecule has 0 spiro atoms. The summed E-state index contributed by atoms with van der Waals surface area (Å²) in [6.07, 6.45) is 1.53. The quantitative estimate of drug-likeness (QED) is 0.654. The number of nitrogens with one attached hydrogen (secondary N) is 1. The average Bonchev–Trinajstić information content (AvgIpc) is 2.50. The fourth-order valence-electron chi connectivity index (χ4n) is 1.48. The zero-order chi connectivity index (χ0) is 8.39. The molecule has 1 aromatic rings. The highest BCUT2D eigenvalue weighted by atomic mass is 16.5. The fourth-order valence-corrected chi connectivity index (χ4v) is 1.48. The van der Waals surface area contributed by atoms with Crippen molar-refractivity contribution in [3.05, 3.63) is 17.0 Å². The Kier molecular flexibility index (Phi) is 2.10. The molecule has 0 bridgehead atoms. The van der Waals surface area contributed by atoms with Crippen LogP contribution in [-0.4, -0.2) is 28.5 Å². The summed E-state index contributed by atoms with van der Waals surface area (Å²) in [7, 11) is 0. The molecule has 2 heterocycles. The predicted molar refractivity (Wildman–Crippen MR) is 42.7 cm³/mol. The molecule has 0 radical (unpaired) electrons. The maximum absolute atomic E-state index is 8.74. The first kappa shape index (κ1) is 7.76. The molecule has 66 valence electrons. The Morgan fingerprint density at radius 3 is 3.33 bits per heavy atom. The van der Waals surface area contributed by atoms with E-state index < -0.39 is 0 Å². The standard InChI is InChI=1S/C8H12N2O2/c11-3-1-7-6-5-12-4-2-8(6)10-9-7/h11H,1-5H2,(H,9,10). The maximum atomic E-state index is 8.74. The van der Waals surface area contributed by atoms with E-state index in [1.807, 2.05) is 0 Å². The lowest BCUT2D eigenvalue weighted by Gasteiger charge is -2.11. The summed E-state index contributed by atoms with van der Waals surface area (Å²) in [4.78, 5) is 0. The van der Waals surface area contributed by atoms with Crippen LogP contribution in [0.2, 0.25) is 0 Å². The molecule has 1 aliphatic heterocycles. The predicted octanol–water partition coefficient (Wildman–Crippen LogP) is 0.0172. The van der Waals surface area contributed by atoms with Crippen molar-refractivity contribution in [2.75, 3.05) is 13.2 Å². The minimum atomic E-state index is 0.150. The maximum Gasteiger partial charge on any atom is 0.0753 e. The molecule has 0 saturated heterocycles. The molecule has 12 heavy (non-hydrogen) atoms. The molecule has 0 saturated carbocycles. The first-order valence-electron chi connectivity index (χ1n) is 4.15. The van der Waals surface area contributed by atoms with Crippen molar-refractivity contribution in [1.82, 2.24) is 10.2 Å². The smallest absolute Gasteiger partial charge is 0.0753 e. The molecule has 0 fully saturated rings. The third-order valence-corrected chi connectivity index (χ3v) is 2.13. The minimum Gasteiger partial charge on any atom is -0.396 e. The van der Waals surface area contributed by atoms with Crippen LogP contribution in [0.25, 0.3) is 0 Å². The van der Waals surface area contributed by atoms with Gasteiger partial charge in [-0.05, 0) is 0 Å². The number of nitrogens with zero attached hydrogens (tertiary/aromatic N) is 1. The largest absolute Gasteiger partial charge is 0.396 e. The van der Waals surface area contributed by atoms with Gasteiger partial charge in [-0.3, -0.25) is 5.10 Å². The van der Waals surface area contributed by atoms with E-state index in [2.05, 4.69) is 10.2 Å². The van der Waals surface area contributed by atoms with Crippen LogP contribution >= 0.6 is 0 Å². The van der Waals surface area contributed by atoms with E-state index in [4.69, 9.17) is 9.84 Å². The van der Waals surface area contributed by atoms with Crippen molar-refractivity contribution >= 4 is 0 Å². The molecular weight excluding hydrogens is 156 g/mol. The van der Waals surface area contributed by atoms with Crippen molar-refractivity contribution in [1.29, 1.82) is 0 Å². The summed E-state index contributed by atoms with van der Waals surface area (Å²) < 4.78 is 5.30. The highest BCUT2D eigenvalue weighted by Crippen LogP contribution is 2.17. The Balaban J connectivity index is 2.25. The molecule has 2 N–H and O–H groups in total. The van der Waals surface area contributed by atoms with E-state index >= 15 is 0 Å². The van der Waals surface area contributed by atoms with Crippen LogP contribution in [0.3, 0.4) is 0 Å². The van der Waals surface area contributed by atoms with E-state index in [1.165, 1.54) is 5.69 Å². The molecular formula is C8H12N2O2. The zero-order valence-electron chi connectivity index (χ0n) is 6.84. The van der Waals surface area contributed by atoms with Gasteiger partial charge in [0.05, 0.1) is 18.9 Å². The number of fused-ring (bicyclic) bond motifs is 1. The van der Waals surface area contributed by atoms with Gasteiger partial charge >= 0.3 is 0 Å². The highest BCUT2D eigenvalue weighted by molar-refractivity contribution is 5.26. The molecule has 0 atom stereocenters. The van der Waals surface area contributed by atoms with E-state index in [9.17, 15) is 0 Å². The summed E-state index contributed by atoms with van der Waals surface area (Å²) in [5, 5.41) is 15.8. The molecule has 4 nitrogen and oxygen atoms in total.